The van der Waals surface area contributed by atoms with Crippen molar-refractivity contribution in [2.75, 3.05) is 0 Å². The fourth-order valence-electron chi connectivity index (χ4n) is 3.28. The van der Waals surface area contributed by atoms with Gasteiger partial charge in [-0.25, -0.2) is 0 Å². The predicted molar refractivity (Wildman–Crippen MR) is 99.5 cm³/mol. The first-order valence-corrected chi connectivity index (χ1v) is 12.9. The van der Waals surface area contributed by atoms with Gasteiger partial charge in [-0.05, 0) is 0 Å². The van der Waals surface area contributed by atoms with Crippen LogP contribution in [0, 0.1) is 0 Å². The van der Waals surface area contributed by atoms with Gasteiger partial charge < -0.3 is 0 Å². The number of thioether (sulfide) groups is 1. The summed E-state index contributed by atoms with van der Waals surface area (Å²) >= 11 is 2.84. The van der Waals surface area contributed by atoms with Gasteiger partial charge >= 0.3 is 144 Å². The van der Waals surface area contributed by atoms with Crippen molar-refractivity contribution in [3.05, 3.63) is 23.3 Å². The molecular weight excluding hydrogens is 359 g/mol. The van der Waals surface area contributed by atoms with E-state index in [1.807, 2.05) is 0 Å². The van der Waals surface area contributed by atoms with E-state index in [4.69, 9.17) is 0 Å². The third kappa shape index (κ3) is 3.37. The van der Waals surface area contributed by atoms with E-state index in [0.717, 1.165) is 10.5 Å². The Kier molecular flexibility index (Phi) is 5.36. The summed E-state index contributed by atoms with van der Waals surface area (Å²) in [7, 11) is 2.30. The van der Waals surface area contributed by atoms with Crippen molar-refractivity contribution in [1.29, 1.82) is 0 Å². The van der Waals surface area contributed by atoms with E-state index < -0.39 is 0 Å². The van der Waals surface area contributed by atoms with Crippen LogP contribution in [-0.4, -0.2) is 24.3 Å². The molecule has 0 N–H and O–H groups in total. The molecule has 1 aromatic rings. The second kappa shape index (κ2) is 6.91. The van der Waals surface area contributed by atoms with Gasteiger partial charge in [-0.2, -0.15) is 0 Å². The first-order chi connectivity index (χ1) is 10.1. The molecular formula is C18H26S2Se. The maximum absolute atomic E-state index is 2.43. The molecule has 2 atom stereocenters. The van der Waals surface area contributed by atoms with Crippen LogP contribution in [0.2, 0.25) is 0 Å². The molecule has 2 aliphatic rings. The maximum atomic E-state index is 2.43. The summed E-state index contributed by atoms with van der Waals surface area (Å²) in [5, 5.41) is 1.78. The van der Waals surface area contributed by atoms with Crippen molar-refractivity contribution in [2.45, 2.75) is 80.6 Å². The molecule has 0 spiro atoms. The molecule has 3 heteroatoms. The van der Waals surface area contributed by atoms with Crippen molar-refractivity contribution in [2.24, 2.45) is 0 Å². The Balaban J connectivity index is 2.05. The van der Waals surface area contributed by atoms with Gasteiger partial charge in [0.25, 0.3) is 0 Å². The van der Waals surface area contributed by atoms with Gasteiger partial charge in [0, 0.05) is 0 Å². The molecule has 1 saturated carbocycles. The second-order valence-corrected chi connectivity index (χ2v) is 12.2. The van der Waals surface area contributed by atoms with E-state index >= 15 is 0 Å². The molecule has 0 radical (unpaired) electrons. The Hall–Kier alpha value is 0.439. The second-order valence-electron chi connectivity index (χ2n) is 6.87. The summed E-state index contributed by atoms with van der Waals surface area (Å²) < 4.78 is 1.73. The average Bonchev–Trinajstić information content (AvgIpc) is 2.65. The van der Waals surface area contributed by atoms with Crippen molar-refractivity contribution >= 4 is 40.2 Å². The first kappa shape index (κ1) is 16.3. The molecule has 0 amide bonds. The van der Waals surface area contributed by atoms with Crippen LogP contribution in [0.3, 0.4) is 0 Å². The van der Waals surface area contributed by atoms with Crippen molar-refractivity contribution in [1.82, 2.24) is 0 Å². The van der Waals surface area contributed by atoms with Crippen molar-refractivity contribution in [3.63, 3.8) is 0 Å². The molecule has 0 bridgehead atoms. The van der Waals surface area contributed by atoms with Gasteiger partial charge in [0.2, 0.25) is 0 Å². The van der Waals surface area contributed by atoms with Crippen LogP contribution in [0.5, 0.6) is 0 Å². The number of hydrogen-bond acceptors (Lipinski definition) is 2. The summed E-state index contributed by atoms with van der Waals surface area (Å²) in [4.78, 5) is 1.68. The first-order valence-electron chi connectivity index (χ1n) is 8.24. The molecule has 1 aromatic carbocycles. The van der Waals surface area contributed by atoms with Crippen molar-refractivity contribution < 1.29 is 0 Å². The predicted octanol–water partition coefficient (Wildman–Crippen LogP) is 5.33. The molecule has 116 valence electrons. The van der Waals surface area contributed by atoms with Gasteiger partial charge in [0.15, 0.2) is 0 Å². The normalized spacial score (nSPS) is 25.6. The van der Waals surface area contributed by atoms with Crippen LogP contribution in [-0.2, 0) is 0 Å². The van der Waals surface area contributed by atoms with E-state index in [9.17, 15) is 0 Å². The van der Waals surface area contributed by atoms with Gasteiger partial charge in [-0.3, -0.25) is 0 Å². The van der Waals surface area contributed by atoms with E-state index in [1.165, 1.54) is 25.7 Å². The van der Waals surface area contributed by atoms with Crippen LogP contribution in [0.25, 0.3) is 0 Å². The van der Waals surface area contributed by atoms with Crippen LogP contribution in [0.15, 0.2) is 17.0 Å². The minimum absolute atomic E-state index is 0.601. The molecule has 1 heterocycles. The average molecular weight is 385 g/mol. The topological polar surface area (TPSA) is 0 Å². The van der Waals surface area contributed by atoms with Crippen molar-refractivity contribution in [3.8, 4) is 0 Å². The summed E-state index contributed by atoms with van der Waals surface area (Å²) in [6, 6.07) is 4.85. The standard InChI is InChI=1S/C18H26S2Se/c1-11(2)13-9-10-14(12(3)4)18-17(13)19-15-7-5-6-8-16(15)20-21-18/h9-12,15-16H,5-8H2,1-4H3. The van der Waals surface area contributed by atoms with E-state index in [1.54, 1.807) is 20.5 Å². The van der Waals surface area contributed by atoms with E-state index in [0.29, 0.717) is 25.7 Å². The molecule has 1 aliphatic heterocycles. The Bertz CT molecular complexity index is 510. The molecule has 2 unspecified atom stereocenters. The van der Waals surface area contributed by atoms with Crippen LogP contribution >= 0.6 is 21.9 Å². The van der Waals surface area contributed by atoms with Gasteiger partial charge in [0.05, 0.1) is 0 Å². The number of fused-ring (bicyclic) bond motifs is 2. The molecule has 0 aromatic heterocycles. The number of hydrogen-bond donors (Lipinski definition) is 0. The fraction of sp³-hybridized carbons (Fsp3) is 0.667. The zero-order chi connectivity index (χ0) is 15.0. The molecule has 0 saturated heterocycles. The van der Waals surface area contributed by atoms with Crippen LogP contribution in [0.4, 0.5) is 0 Å². The fourth-order valence-corrected chi connectivity index (χ4v) is 12.2. The summed E-state index contributed by atoms with van der Waals surface area (Å²) in [5.74, 6) is 1.30. The number of benzene rings is 1. The molecule has 1 aliphatic carbocycles. The van der Waals surface area contributed by atoms with Gasteiger partial charge in [-0.1, -0.05) is 0 Å². The monoisotopic (exact) mass is 386 g/mol. The summed E-state index contributed by atoms with van der Waals surface area (Å²) in [6.07, 6.45) is 5.78. The zero-order valence-electron chi connectivity index (χ0n) is 13.5. The Labute approximate surface area is 143 Å². The molecule has 21 heavy (non-hydrogen) atoms. The quantitative estimate of drug-likeness (QED) is 0.631. The molecule has 0 nitrogen and oxygen atoms in total. The van der Waals surface area contributed by atoms with Crippen LogP contribution in [0.1, 0.15) is 76.3 Å². The Morgan fingerprint density at radius 3 is 2.24 bits per heavy atom. The van der Waals surface area contributed by atoms with Gasteiger partial charge in [-0.15, -0.1) is 0 Å². The third-order valence-corrected chi connectivity index (χ3v) is 11.8. The van der Waals surface area contributed by atoms with E-state index in [-0.39, 0.29) is 0 Å². The molecule has 3 rings (SSSR count). The summed E-state index contributed by atoms with van der Waals surface area (Å²) in [6.45, 7) is 9.42. The Morgan fingerprint density at radius 2 is 1.57 bits per heavy atom. The third-order valence-electron chi connectivity index (χ3n) is 4.58. The zero-order valence-corrected chi connectivity index (χ0v) is 16.9. The van der Waals surface area contributed by atoms with Gasteiger partial charge in [0.1, 0.15) is 0 Å². The summed E-state index contributed by atoms with van der Waals surface area (Å²) in [5.41, 5.74) is 3.22. The minimum atomic E-state index is 0.601. The van der Waals surface area contributed by atoms with Crippen LogP contribution < -0.4 is 4.46 Å². The molecule has 1 fully saturated rings. The number of rotatable bonds is 2. The van der Waals surface area contributed by atoms with E-state index in [2.05, 4.69) is 61.8 Å². The SMILES string of the molecule is CC(C)c1ccc(C(C)C)c2c1SC1CCCCC1S[Se]2. The Morgan fingerprint density at radius 1 is 0.952 bits per heavy atom.